The maximum Gasteiger partial charge on any atom is 0.408 e. The van der Waals surface area contributed by atoms with Crippen LogP contribution in [0.3, 0.4) is 0 Å². The molecule has 0 heterocycles. The minimum atomic E-state index is -1.04. The number of carbonyl (C=O) groups excluding carboxylic acids is 3. The van der Waals surface area contributed by atoms with Crippen molar-refractivity contribution < 1.29 is 29.0 Å². The molecule has 0 aliphatic rings. The highest BCUT2D eigenvalue weighted by Crippen LogP contribution is 2.29. The molecule has 2 aromatic carbocycles. The Labute approximate surface area is 219 Å². The van der Waals surface area contributed by atoms with Gasteiger partial charge in [-0.25, -0.2) is 4.79 Å². The molecular weight excluding hydrogens is 474 g/mol. The first-order valence-electron chi connectivity index (χ1n) is 12.3. The minimum Gasteiger partial charge on any atom is -0.508 e. The summed E-state index contributed by atoms with van der Waals surface area (Å²) in [6.45, 7) is 12.4. The zero-order chi connectivity index (χ0) is 27.9. The van der Waals surface area contributed by atoms with Crippen molar-refractivity contribution in [3.63, 3.8) is 0 Å². The number of hydrogen-bond acceptors (Lipinski definition) is 6. The van der Waals surface area contributed by atoms with Gasteiger partial charge in [-0.05, 0) is 82.5 Å². The molecule has 0 saturated carbocycles. The van der Waals surface area contributed by atoms with Crippen LogP contribution in [0.1, 0.15) is 60.1 Å². The lowest BCUT2D eigenvalue weighted by Gasteiger charge is -2.38. The predicted octanol–water partition coefficient (Wildman–Crippen LogP) is 4.87. The molecule has 0 aliphatic carbocycles. The van der Waals surface area contributed by atoms with Crippen molar-refractivity contribution in [1.82, 2.24) is 10.2 Å². The number of phenols is 1. The molecule has 2 unspecified atom stereocenters. The number of phenolic OH excluding ortho intramolecular Hbond substituents is 1. The molecule has 0 saturated heterocycles. The Balaban J connectivity index is 2.47. The second-order valence-electron chi connectivity index (χ2n) is 10.4. The van der Waals surface area contributed by atoms with Gasteiger partial charge in [-0.1, -0.05) is 26.0 Å². The summed E-state index contributed by atoms with van der Waals surface area (Å²) in [7, 11) is 1.55. The first-order chi connectivity index (χ1) is 17.2. The first kappa shape index (κ1) is 29.5. The summed E-state index contributed by atoms with van der Waals surface area (Å²) in [5.74, 6) is -0.491. The number of carbonyl (C=O) groups is 3. The molecule has 0 spiro atoms. The van der Waals surface area contributed by atoms with Crippen LogP contribution in [0, 0.1) is 5.92 Å². The number of hydrogen-bond donors (Lipinski definition) is 3. The summed E-state index contributed by atoms with van der Waals surface area (Å²) in [6, 6.07) is 10.6. The Morgan fingerprint density at radius 2 is 1.49 bits per heavy atom. The van der Waals surface area contributed by atoms with Crippen molar-refractivity contribution in [3.8, 4) is 11.5 Å². The summed E-state index contributed by atoms with van der Waals surface area (Å²) < 4.78 is 10.6. The molecule has 3 amide bonds. The third-order valence-electron chi connectivity index (χ3n) is 5.51. The molecule has 2 aromatic rings. The van der Waals surface area contributed by atoms with Crippen LogP contribution in [-0.2, 0) is 14.3 Å². The lowest BCUT2D eigenvalue weighted by Crippen LogP contribution is -2.56. The van der Waals surface area contributed by atoms with E-state index < -0.39 is 41.6 Å². The predicted molar refractivity (Wildman–Crippen MR) is 142 cm³/mol. The van der Waals surface area contributed by atoms with E-state index in [4.69, 9.17) is 9.47 Å². The SMILES string of the molecule is COc1ccc(NC(=O)C(c2ccc(O)cc2)N(C(=O)C(NC(=O)OC(C)(C)C)C(C)C)C(C)C)cc1. The topological polar surface area (TPSA) is 117 Å². The van der Waals surface area contributed by atoms with Crippen LogP contribution in [0.4, 0.5) is 10.5 Å². The van der Waals surface area contributed by atoms with Gasteiger partial charge in [-0.15, -0.1) is 0 Å². The number of methoxy groups -OCH3 is 1. The number of ether oxygens (including phenoxy) is 2. The highest BCUT2D eigenvalue weighted by atomic mass is 16.6. The van der Waals surface area contributed by atoms with E-state index >= 15 is 0 Å². The number of nitrogens with zero attached hydrogens (tertiary/aromatic N) is 1. The third-order valence-corrected chi connectivity index (χ3v) is 5.51. The second-order valence-corrected chi connectivity index (χ2v) is 10.4. The van der Waals surface area contributed by atoms with Gasteiger partial charge in [-0.3, -0.25) is 9.59 Å². The fraction of sp³-hybridized carbons (Fsp3) is 0.464. The van der Waals surface area contributed by atoms with Crippen LogP contribution in [0.25, 0.3) is 0 Å². The van der Waals surface area contributed by atoms with Crippen LogP contribution < -0.4 is 15.4 Å². The van der Waals surface area contributed by atoms with Gasteiger partial charge in [-0.2, -0.15) is 0 Å². The van der Waals surface area contributed by atoms with Crippen molar-refractivity contribution in [3.05, 3.63) is 54.1 Å². The van der Waals surface area contributed by atoms with Gasteiger partial charge < -0.3 is 30.1 Å². The number of nitrogens with one attached hydrogen (secondary N) is 2. The van der Waals surface area contributed by atoms with E-state index in [9.17, 15) is 19.5 Å². The van der Waals surface area contributed by atoms with Gasteiger partial charge in [0.25, 0.3) is 5.91 Å². The number of amides is 3. The maximum absolute atomic E-state index is 14.0. The van der Waals surface area contributed by atoms with Crippen molar-refractivity contribution >= 4 is 23.6 Å². The van der Waals surface area contributed by atoms with Gasteiger partial charge in [0.05, 0.1) is 7.11 Å². The highest BCUT2D eigenvalue weighted by molar-refractivity contribution is 5.99. The molecule has 0 aliphatic heterocycles. The Bertz CT molecular complexity index is 1060. The minimum absolute atomic E-state index is 0.0344. The highest BCUT2D eigenvalue weighted by Gasteiger charge is 2.39. The van der Waals surface area contributed by atoms with Crippen LogP contribution >= 0.6 is 0 Å². The van der Waals surface area contributed by atoms with Gasteiger partial charge >= 0.3 is 6.09 Å². The van der Waals surface area contributed by atoms with Crippen LogP contribution in [0.2, 0.25) is 0 Å². The normalized spacial score (nSPS) is 13.0. The lowest BCUT2D eigenvalue weighted by molar-refractivity contribution is -0.143. The van der Waals surface area contributed by atoms with Gasteiger partial charge in [0, 0.05) is 11.7 Å². The van der Waals surface area contributed by atoms with Crippen molar-refractivity contribution in [2.75, 3.05) is 12.4 Å². The molecule has 3 N–H and O–H groups in total. The Kier molecular flexibility index (Phi) is 9.94. The zero-order valence-electron chi connectivity index (χ0n) is 22.9. The molecule has 0 aromatic heterocycles. The Morgan fingerprint density at radius 3 is 1.95 bits per heavy atom. The summed E-state index contributed by atoms with van der Waals surface area (Å²) in [5, 5.41) is 15.4. The monoisotopic (exact) mass is 513 g/mol. The fourth-order valence-corrected chi connectivity index (χ4v) is 3.77. The zero-order valence-corrected chi connectivity index (χ0v) is 22.9. The van der Waals surface area contributed by atoms with E-state index in [1.54, 1.807) is 78.1 Å². The average Bonchev–Trinajstić information content (AvgIpc) is 2.80. The standard InChI is InChI=1S/C28H39N3O6/c1-17(2)23(30-27(35)37-28(5,6)7)26(34)31(18(3)4)24(19-9-13-21(32)14-10-19)25(33)29-20-11-15-22(36-8)16-12-20/h9-18,23-24,32H,1-8H3,(H,29,33)(H,30,35). The quantitative estimate of drug-likeness (QED) is 0.441. The lowest BCUT2D eigenvalue weighted by atomic mass is 9.97. The molecule has 9 heteroatoms. The number of rotatable bonds is 9. The number of aromatic hydroxyl groups is 1. The van der Waals surface area contributed by atoms with E-state index in [1.807, 2.05) is 13.8 Å². The van der Waals surface area contributed by atoms with Crippen molar-refractivity contribution in [2.45, 2.75) is 72.2 Å². The van der Waals surface area contributed by atoms with E-state index in [0.717, 1.165) is 0 Å². The molecule has 2 rings (SSSR count). The summed E-state index contributed by atoms with van der Waals surface area (Å²) in [6.07, 6.45) is -0.716. The third kappa shape index (κ3) is 8.41. The smallest absolute Gasteiger partial charge is 0.408 e. The van der Waals surface area contributed by atoms with Gasteiger partial charge in [0.15, 0.2) is 0 Å². The molecular formula is C28H39N3O6. The van der Waals surface area contributed by atoms with E-state index in [-0.39, 0.29) is 11.7 Å². The molecule has 0 fully saturated rings. The van der Waals surface area contributed by atoms with Crippen LogP contribution in [0.15, 0.2) is 48.5 Å². The molecule has 0 bridgehead atoms. The van der Waals surface area contributed by atoms with E-state index in [0.29, 0.717) is 17.0 Å². The maximum atomic E-state index is 14.0. The average molecular weight is 514 g/mol. The first-order valence-corrected chi connectivity index (χ1v) is 12.3. The molecule has 37 heavy (non-hydrogen) atoms. The van der Waals surface area contributed by atoms with Crippen LogP contribution in [0.5, 0.6) is 11.5 Å². The summed E-state index contributed by atoms with van der Waals surface area (Å²) >= 11 is 0. The number of alkyl carbamates (subject to hydrolysis) is 1. The van der Waals surface area contributed by atoms with E-state index in [1.165, 1.54) is 17.0 Å². The molecule has 9 nitrogen and oxygen atoms in total. The van der Waals surface area contributed by atoms with E-state index in [2.05, 4.69) is 10.6 Å². The van der Waals surface area contributed by atoms with Crippen LogP contribution in [-0.4, -0.2) is 52.7 Å². The Hall–Kier alpha value is -3.75. The molecule has 0 radical (unpaired) electrons. The number of benzene rings is 2. The van der Waals surface area contributed by atoms with Gasteiger partial charge in [0.2, 0.25) is 5.91 Å². The number of anilines is 1. The van der Waals surface area contributed by atoms with Crippen molar-refractivity contribution in [1.29, 1.82) is 0 Å². The molecule has 202 valence electrons. The molecule has 2 atom stereocenters. The Morgan fingerprint density at radius 1 is 0.919 bits per heavy atom. The largest absolute Gasteiger partial charge is 0.508 e. The second kappa shape index (κ2) is 12.5. The fourth-order valence-electron chi connectivity index (χ4n) is 3.77. The summed E-state index contributed by atoms with van der Waals surface area (Å²) in [4.78, 5) is 41.7. The van der Waals surface area contributed by atoms with Gasteiger partial charge in [0.1, 0.15) is 29.2 Å². The van der Waals surface area contributed by atoms with Crippen molar-refractivity contribution in [2.24, 2.45) is 5.92 Å². The summed E-state index contributed by atoms with van der Waals surface area (Å²) in [5.41, 5.74) is 0.294.